The van der Waals surface area contributed by atoms with E-state index in [9.17, 15) is 0 Å². The Hall–Kier alpha value is -0.830. The van der Waals surface area contributed by atoms with E-state index in [0.717, 1.165) is 6.04 Å². The molecule has 1 atom stereocenters. The number of likely N-dealkylation sites (tertiary alicyclic amines) is 1. The van der Waals surface area contributed by atoms with E-state index in [0.29, 0.717) is 6.04 Å². The van der Waals surface area contributed by atoms with Crippen LogP contribution < -0.4 is 0 Å². The molecule has 2 aliphatic carbocycles. The number of hydrogen-bond donors (Lipinski definition) is 1. The standard InChI is InChI=1S/C16H25N3/c1-2-7-12(6-1)19-11-5-10-15(19)16-17-13-8-3-4-9-14(13)18-16/h12,15H,1-11H2,(H,17,18)/t15-/m1/s1. The van der Waals surface area contributed by atoms with Crippen molar-refractivity contribution in [2.24, 2.45) is 0 Å². The first kappa shape index (κ1) is 12.0. The fraction of sp³-hybridized carbons (Fsp3) is 0.812. The summed E-state index contributed by atoms with van der Waals surface area (Å²) in [6.07, 6.45) is 13.4. The van der Waals surface area contributed by atoms with Crippen LogP contribution in [0.5, 0.6) is 0 Å². The minimum atomic E-state index is 0.591. The summed E-state index contributed by atoms with van der Waals surface area (Å²) in [5, 5.41) is 0. The molecule has 1 aromatic heterocycles. The fourth-order valence-corrected chi connectivity index (χ4v) is 4.39. The molecule has 1 saturated carbocycles. The highest BCUT2D eigenvalue weighted by atomic mass is 15.2. The van der Waals surface area contributed by atoms with Crippen LogP contribution in [0.4, 0.5) is 0 Å². The van der Waals surface area contributed by atoms with E-state index < -0.39 is 0 Å². The second-order valence-electron chi connectivity index (χ2n) is 6.59. The van der Waals surface area contributed by atoms with Gasteiger partial charge in [-0.05, 0) is 57.9 Å². The topological polar surface area (TPSA) is 31.9 Å². The smallest absolute Gasteiger partial charge is 0.124 e. The zero-order valence-corrected chi connectivity index (χ0v) is 11.8. The first-order chi connectivity index (χ1) is 9.42. The second-order valence-corrected chi connectivity index (χ2v) is 6.59. The van der Waals surface area contributed by atoms with E-state index in [-0.39, 0.29) is 0 Å². The molecule has 3 nitrogen and oxygen atoms in total. The Morgan fingerprint density at radius 1 is 0.947 bits per heavy atom. The van der Waals surface area contributed by atoms with Crippen LogP contribution in [-0.4, -0.2) is 27.5 Å². The minimum absolute atomic E-state index is 0.591. The van der Waals surface area contributed by atoms with Crippen LogP contribution in [0.3, 0.4) is 0 Å². The molecule has 0 unspecified atom stereocenters. The van der Waals surface area contributed by atoms with Gasteiger partial charge in [0.15, 0.2) is 0 Å². The lowest BCUT2D eigenvalue weighted by atomic mass is 10.0. The third kappa shape index (κ3) is 2.12. The Balaban J connectivity index is 1.58. The van der Waals surface area contributed by atoms with Gasteiger partial charge in [0.1, 0.15) is 5.82 Å². The van der Waals surface area contributed by atoms with Crippen LogP contribution in [-0.2, 0) is 12.8 Å². The van der Waals surface area contributed by atoms with Gasteiger partial charge in [-0.2, -0.15) is 0 Å². The molecule has 2 heterocycles. The molecule has 0 amide bonds. The number of rotatable bonds is 2. The van der Waals surface area contributed by atoms with Crippen LogP contribution in [0.1, 0.15) is 74.6 Å². The molecular weight excluding hydrogens is 234 g/mol. The number of fused-ring (bicyclic) bond motifs is 1. The average Bonchev–Trinajstić information content (AvgIpc) is 3.17. The Labute approximate surface area is 115 Å². The van der Waals surface area contributed by atoms with Gasteiger partial charge in [-0.3, -0.25) is 4.90 Å². The summed E-state index contributed by atoms with van der Waals surface area (Å²) >= 11 is 0. The molecule has 2 fully saturated rings. The molecule has 1 N–H and O–H groups in total. The molecule has 3 aliphatic rings. The van der Waals surface area contributed by atoms with Crippen molar-refractivity contribution >= 4 is 0 Å². The fourth-order valence-electron chi connectivity index (χ4n) is 4.39. The van der Waals surface area contributed by atoms with Crippen LogP contribution >= 0.6 is 0 Å². The monoisotopic (exact) mass is 259 g/mol. The number of nitrogens with zero attached hydrogens (tertiary/aromatic N) is 2. The number of imidazole rings is 1. The molecule has 0 spiro atoms. The lowest BCUT2D eigenvalue weighted by molar-refractivity contribution is 0.177. The molecule has 4 rings (SSSR count). The Morgan fingerprint density at radius 2 is 1.79 bits per heavy atom. The van der Waals surface area contributed by atoms with Gasteiger partial charge in [0.05, 0.1) is 11.7 Å². The number of hydrogen-bond acceptors (Lipinski definition) is 2. The molecule has 1 aliphatic heterocycles. The quantitative estimate of drug-likeness (QED) is 0.883. The van der Waals surface area contributed by atoms with Crippen molar-refractivity contribution in [2.45, 2.75) is 76.3 Å². The zero-order valence-electron chi connectivity index (χ0n) is 11.8. The van der Waals surface area contributed by atoms with E-state index in [2.05, 4.69) is 9.88 Å². The highest BCUT2D eigenvalue weighted by Crippen LogP contribution is 2.37. The Kier molecular flexibility index (Phi) is 3.10. The van der Waals surface area contributed by atoms with Crippen LogP contribution in [0.15, 0.2) is 0 Å². The van der Waals surface area contributed by atoms with Crippen molar-refractivity contribution < 1.29 is 0 Å². The van der Waals surface area contributed by atoms with Gasteiger partial charge in [-0.15, -0.1) is 0 Å². The highest BCUT2D eigenvalue weighted by Gasteiger charge is 2.35. The first-order valence-electron chi connectivity index (χ1n) is 8.25. The van der Waals surface area contributed by atoms with Crippen LogP contribution in [0.25, 0.3) is 0 Å². The summed E-state index contributed by atoms with van der Waals surface area (Å²) in [6.45, 7) is 1.29. The van der Waals surface area contributed by atoms with Crippen LogP contribution in [0.2, 0.25) is 0 Å². The molecule has 1 saturated heterocycles. The number of nitrogens with one attached hydrogen (secondary N) is 1. The van der Waals surface area contributed by atoms with Gasteiger partial charge in [-0.1, -0.05) is 12.8 Å². The van der Waals surface area contributed by atoms with Crippen molar-refractivity contribution in [3.05, 3.63) is 17.2 Å². The zero-order chi connectivity index (χ0) is 12.7. The molecule has 19 heavy (non-hydrogen) atoms. The lowest BCUT2D eigenvalue weighted by Gasteiger charge is -2.29. The number of H-pyrrole nitrogens is 1. The van der Waals surface area contributed by atoms with Crippen molar-refractivity contribution in [3.8, 4) is 0 Å². The molecule has 0 bridgehead atoms. The largest absolute Gasteiger partial charge is 0.344 e. The highest BCUT2D eigenvalue weighted by molar-refractivity contribution is 5.19. The van der Waals surface area contributed by atoms with Gasteiger partial charge in [0, 0.05) is 11.7 Å². The van der Waals surface area contributed by atoms with Gasteiger partial charge >= 0.3 is 0 Å². The predicted molar refractivity (Wildman–Crippen MR) is 76.2 cm³/mol. The second kappa shape index (κ2) is 4.93. The van der Waals surface area contributed by atoms with Gasteiger partial charge < -0.3 is 4.98 Å². The van der Waals surface area contributed by atoms with Crippen molar-refractivity contribution in [1.29, 1.82) is 0 Å². The van der Waals surface area contributed by atoms with E-state index >= 15 is 0 Å². The Bertz CT molecular complexity index is 421. The van der Waals surface area contributed by atoms with E-state index in [1.54, 1.807) is 0 Å². The van der Waals surface area contributed by atoms with E-state index in [4.69, 9.17) is 4.98 Å². The Morgan fingerprint density at radius 3 is 2.63 bits per heavy atom. The molecule has 0 radical (unpaired) electrons. The summed E-state index contributed by atoms with van der Waals surface area (Å²) in [4.78, 5) is 11.4. The minimum Gasteiger partial charge on any atom is -0.344 e. The number of aryl methyl sites for hydroxylation is 2. The molecule has 1 aromatic rings. The predicted octanol–water partition coefficient (Wildman–Crippen LogP) is 3.37. The number of aromatic amines is 1. The third-order valence-corrected chi connectivity index (χ3v) is 5.38. The molecule has 104 valence electrons. The molecule has 3 heteroatoms. The summed E-state index contributed by atoms with van der Waals surface area (Å²) < 4.78 is 0. The summed E-state index contributed by atoms with van der Waals surface area (Å²) in [7, 11) is 0. The van der Waals surface area contributed by atoms with E-state index in [1.807, 2.05) is 0 Å². The average molecular weight is 259 g/mol. The molecule has 0 aromatic carbocycles. The molecular formula is C16H25N3. The van der Waals surface area contributed by atoms with Crippen molar-refractivity contribution in [2.75, 3.05) is 6.54 Å². The maximum absolute atomic E-state index is 4.96. The maximum atomic E-state index is 4.96. The SMILES string of the molecule is C1CCc2[nH]c([C@H]3CCCN3C3CCCC3)nc2C1. The lowest BCUT2D eigenvalue weighted by Crippen LogP contribution is -2.33. The van der Waals surface area contributed by atoms with Gasteiger partial charge in [-0.25, -0.2) is 4.98 Å². The van der Waals surface area contributed by atoms with Gasteiger partial charge in [0.25, 0.3) is 0 Å². The first-order valence-corrected chi connectivity index (χ1v) is 8.25. The summed E-state index contributed by atoms with van der Waals surface area (Å²) in [5.74, 6) is 1.29. The summed E-state index contributed by atoms with van der Waals surface area (Å²) in [5.41, 5.74) is 2.82. The third-order valence-electron chi connectivity index (χ3n) is 5.38. The normalized spacial score (nSPS) is 28.9. The van der Waals surface area contributed by atoms with Gasteiger partial charge in [0.2, 0.25) is 0 Å². The maximum Gasteiger partial charge on any atom is 0.124 e. The van der Waals surface area contributed by atoms with E-state index in [1.165, 1.54) is 88.0 Å². The van der Waals surface area contributed by atoms with Crippen LogP contribution in [0, 0.1) is 0 Å². The van der Waals surface area contributed by atoms with Crippen molar-refractivity contribution in [3.63, 3.8) is 0 Å². The number of aromatic nitrogens is 2. The van der Waals surface area contributed by atoms with Crippen molar-refractivity contribution in [1.82, 2.24) is 14.9 Å². The summed E-state index contributed by atoms with van der Waals surface area (Å²) in [6, 6.07) is 1.43.